The minimum atomic E-state index is -3.05. The van der Waals surface area contributed by atoms with E-state index in [9.17, 15) is 54.6 Å². The Morgan fingerprint density at radius 1 is 1.15 bits per heavy atom. The lowest BCUT2D eigenvalue weighted by Gasteiger charge is -2.51. The van der Waals surface area contributed by atoms with Gasteiger partial charge < -0.3 is 59.1 Å². The molecule has 2 saturated heterocycles. The number of hydrogen-bond acceptors (Lipinski definition) is 19. The molecular formula is C32H42N2O17S. The zero-order chi connectivity index (χ0) is 39.5. The normalized spacial score (nSPS) is 34.6. The summed E-state index contributed by atoms with van der Waals surface area (Å²) in [6, 6.07) is 0. The van der Waals surface area contributed by atoms with Crippen LogP contribution in [-0.2, 0) is 52.4 Å². The van der Waals surface area contributed by atoms with Crippen LogP contribution >= 0.6 is 12.2 Å². The molecule has 2 aliphatic heterocycles. The number of aliphatic carboxylic acids is 1. The molecular weight excluding hydrogens is 716 g/mol. The molecule has 11 atom stereocenters. The number of nitrogens with one attached hydrogen (secondary N) is 1. The summed E-state index contributed by atoms with van der Waals surface area (Å²) in [7, 11) is 0. The van der Waals surface area contributed by atoms with Crippen LogP contribution in [0.15, 0.2) is 28.1 Å². The van der Waals surface area contributed by atoms with E-state index in [0.717, 1.165) is 6.92 Å². The van der Waals surface area contributed by atoms with Crippen LogP contribution < -0.4 is 0 Å². The molecule has 0 unspecified atom stereocenters. The number of hydrogen-bond donors (Lipinski definition) is 7. The second-order valence-corrected chi connectivity index (χ2v) is 12.9. The molecule has 20 heteroatoms. The quantitative estimate of drug-likeness (QED) is 0.0430. The third-order valence-electron chi connectivity index (χ3n) is 8.97. The van der Waals surface area contributed by atoms with Crippen molar-refractivity contribution in [1.29, 1.82) is 5.41 Å². The second kappa shape index (κ2) is 16.8. The Morgan fingerprint density at radius 3 is 2.31 bits per heavy atom. The first kappa shape index (κ1) is 42.4. The van der Waals surface area contributed by atoms with Crippen molar-refractivity contribution >= 4 is 52.8 Å². The van der Waals surface area contributed by atoms with Gasteiger partial charge in [0.25, 0.3) is 0 Å². The van der Waals surface area contributed by atoms with E-state index < -0.39 is 138 Å². The van der Waals surface area contributed by atoms with Gasteiger partial charge in [0.2, 0.25) is 0 Å². The van der Waals surface area contributed by atoms with E-state index in [1.165, 1.54) is 26.8 Å². The maximum Gasteiger partial charge on any atom is 0.357 e. The number of esters is 3. The lowest BCUT2D eigenvalue weighted by Crippen LogP contribution is -2.70. The number of rotatable bonds is 12. The number of ether oxygens (including phenoxy) is 6. The first-order valence-corrected chi connectivity index (χ1v) is 16.4. The highest BCUT2D eigenvalue weighted by Crippen LogP contribution is 2.42. The maximum atomic E-state index is 13.2. The average Bonchev–Trinajstić information content (AvgIpc) is 3.05. The standard InChI is InChI=1S/C32H42N2O17S/c1-7-16(34-11-52)30(43)51-24-18(10-46-15(6)35)49-27(31(44)9-17(36)22(33)21(26(31)39)28(40)41)23(38)25(24)50-20-8-19(37)32(45,13(4)47-20)14(5)48-29(42)12(2)3/h7,12-14,18-20,23-25,27,33,37-39,44-45H,8-10H2,1-6H3,(H,40,41)/b16-7+,33-22?/t13-,14-,18-,19+,20+,23-,24-,25-,27+,31-,32-/m0/s1. The van der Waals surface area contributed by atoms with Gasteiger partial charge in [-0.25, -0.2) is 9.59 Å². The summed E-state index contributed by atoms with van der Waals surface area (Å²) in [5.41, 5.74) is -8.05. The van der Waals surface area contributed by atoms with Crippen molar-refractivity contribution in [3.63, 3.8) is 0 Å². The van der Waals surface area contributed by atoms with Crippen LogP contribution in [0.5, 0.6) is 0 Å². The van der Waals surface area contributed by atoms with Gasteiger partial charge in [0.1, 0.15) is 54.2 Å². The molecule has 7 N–H and O–H groups in total. The molecule has 3 rings (SSSR count). The van der Waals surface area contributed by atoms with Crippen LogP contribution in [0.2, 0.25) is 0 Å². The Labute approximate surface area is 302 Å². The average molecular weight is 759 g/mol. The highest BCUT2D eigenvalue weighted by atomic mass is 32.1. The molecule has 19 nitrogen and oxygen atoms in total. The molecule has 0 bridgehead atoms. The zero-order valence-corrected chi connectivity index (χ0v) is 29.8. The van der Waals surface area contributed by atoms with Gasteiger partial charge in [-0.05, 0) is 33.0 Å². The van der Waals surface area contributed by atoms with E-state index in [2.05, 4.69) is 17.2 Å². The van der Waals surface area contributed by atoms with Gasteiger partial charge in [-0.1, -0.05) is 19.9 Å². The molecule has 1 aliphatic carbocycles. The zero-order valence-electron chi connectivity index (χ0n) is 29.0. The van der Waals surface area contributed by atoms with E-state index in [1.54, 1.807) is 13.8 Å². The Bertz CT molecular complexity index is 1560. The number of isothiocyanates is 1. The SMILES string of the molecule is C/C=C(/N=C=S)C(=O)O[C@@H]1[C@@H](O[C@@H]2C[C@@H](O)[C@@](O)([C@H](C)OC(=O)C(C)C)[C@H](C)O2)[C@H](O)[C@H]([C@]2(O)CC(=O)C(=N)C(C(=O)O)=C2O)O[C@H]1COC(C)=O. The van der Waals surface area contributed by atoms with Crippen molar-refractivity contribution in [3.05, 3.63) is 23.1 Å². The molecule has 0 aromatic rings. The fourth-order valence-electron chi connectivity index (χ4n) is 6.05. The maximum absolute atomic E-state index is 13.2. The molecule has 2 fully saturated rings. The number of carbonyl (C=O) groups excluding carboxylic acids is 4. The summed E-state index contributed by atoms with van der Waals surface area (Å²) in [5, 5.41) is 76.6. The van der Waals surface area contributed by atoms with Crippen molar-refractivity contribution in [1.82, 2.24) is 0 Å². The lowest BCUT2D eigenvalue weighted by molar-refractivity contribution is -0.343. The molecule has 0 amide bonds. The monoisotopic (exact) mass is 758 g/mol. The molecule has 0 saturated carbocycles. The fourth-order valence-corrected chi connectivity index (χ4v) is 6.15. The van der Waals surface area contributed by atoms with Gasteiger partial charge in [-0.3, -0.25) is 19.8 Å². The highest BCUT2D eigenvalue weighted by molar-refractivity contribution is 7.78. The first-order chi connectivity index (χ1) is 24.1. The number of carboxylic acids is 1. The van der Waals surface area contributed by atoms with Gasteiger partial charge in [0.05, 0.1) is 29.7 Å². The molecule has 2 heterocycles. The summed E-state index contributed by atoms with van der Waals surface area (Å²) in [5.74, 6) is -7.95. The molecule has 0 radical (unpaired) electrons. The van der Waals surface area contributed by atoms with Gasteiger partial charge in [-0.2, -0.15) is 4.99 Å². The summed E-state index contributed by atoms with van der Waals surface area (Å²) in [6.07, 6.45) is -16.4. The largest absolute Gasteiger partial charge is 0.508 e. The number of nitrogens with zero attached hydrogens (tertiary/aromatic N) is 1. The summed E-state index contributed by atoms with van der Waals surface area (Å²) >= 11 is 4.57. The van der Waals surface area contributed by atoms with E-state index in [0.29, 0.717) is 0 Å². The number of carboxylic acid groups (broad SMARTS) is 1. The first-order valence-electron chi connectivity index (χ1n) is 16.0. The summed E-state index contributed by atoms with van der Waals surface area (Å²) in [4.78, 5) is 65.6. The van der Waals surface area contributed by atoms with Crippen LogP contribution in [0.1, 0.15) is 54.4 Å². The van der Waals surface area contributed by atoms with Crippen LogP contribution in [0.25, 0.3) is 0 Å². The van der Waals surface area contributed by atoms with E-state index >= 15 is 0 Å². The molecule has 0 spiro atoms. The number of ketones is 1. The van der Waals surface area contributed by atoms with Crippen LogP contribution in [0, 0.1) is 11.3 Å². The van der Waals surface area contributed by atoms with Crippen molar-refractivity contribution in [2.24, 2.45) is 10.9 Å². The number of allylic oxidation sites excluding steroid dienone is 1. The number of Topliss-reactive ketones (excluding diaryl/α,β-unsaturated/α-hetero) is 1. The Morgan fingerprint density at radius 2 is 1.79 bits per heavy atom. The predicted octanol–water partition coefficient (Wildman–Crippen LogP) is -0.584. The van der Waals surface area contributed by atoms with Gasteiger partial charge in [0.15, 0.2) is 35.1 Å². The number of aliphatic hydroxyl groups excluding tert-OH is 3. The molecule has 3 aliphatic rings. The number of aliphatic imine (C=N–C) groups is 1. The van der Waals surface area contributed by atoms with Crippen molar-refractivity contribution < 1.29 is 83.0 Å². The lowest BCUT2D eigenvalue weighted by atomic mass is 9.74. The van der Waals surface area contributed by atoms with E-state index in [1.807, 2.05) is 5.16 Å². The Balaban J connectivity index is 2.13. The van der Waals surface area contributed by atoms with Gasteiger partial charge >= 0.3 is 23.9 Å². The fraction of sp³-hybridized carbons (Fsp3) is 0.656. The second-order valence-electron chi connectivity index (χ2n) is 12.7. The van der Waals surface area contributed by atoms with Crippen LogP contribution in [0.4, 0.5) is 0 Å². The Hall–Kier alpha value is -3.98. The molecule has 52 heavy (non-hydrogen) atoms. The number of carbonyl (C=O) groups is 5. The smallest absolute Gasteiger partial charge is 0.357 e. The minimum absolute atomic E-state index is 0.383. The van der Waals surface area contributed by atoms with Crippen molar-refractivity contribution in [3.8, 4) is 0 Å². The van der Waals surface area contributed by atoms with Crippen LogP contribution in [-0.4, -0.2) is 144 Å². The molecule has 0 aromatic heterocycles. The highest BCUT2D eigenvalue weighted by Gasteiger charge is 2.61. The van der Waals surface area contributed by atoms with E-state index in [-0.39, 0.29) is 5.70 Å². The predicted molar refractivity (Wildman–Crippen MR) is 175 cm³/mol. The van der Waals surface area contributed by atoms with Crippen molar-refractivity contribution in [2.45, 2.75) is 121 Å². The van der Waals surface area contributed by atoms with Crippen molar-refractivity contribution in [2.75, 3.05) is 6.61 Å². The molecule has 288 valence electrons. The topological polar surface area (TPSA) is 298 Å². The Kier molecular flexibility index (Phi) is 13.7. The molecule has 0 aromatic carbocycles. The minimum Gasteiger partial charge on any atom is -0.508 e. The summed E-state index contributed by atoms with van der Waals surface area (Å²) in [6.45, 7) is 7.43. The number of thiocarbonyl (C=S) groups is 1. The third-order valence-corrected chi connectivity index (χ3v) is 9.06. The van der Waals surface area contributed by atoms with E-state index in [4.69, 9.17) is 33.8 Å². The summed E-state index contributed by atoms with van der Waals surface area (Å²) < 4.78 is 33.7. The van der Waals surface area contributed by atoms with Gasteiger partial charge in [-0.15, -0.1) is 0 Å². The van der Waals surface area contributed by atoms with Crippen LogP contribution in [0.3, 0.4) is 0 Å². The van der Waals surface area contributed by atoms with Gasteiger partial charge in [0, 0.05) is 13.3 Å². The third kappa shape index (κ3) is 8.46. The number of aliphatic hydroxyl groups is 5.